The van der Waals surface area contributed by atoms with Gasteiger partial charge in [-0.05, 0) is 32.1 Å². The minimum absolute atomic E-state index is 0.126. The van der Waals surface area contributed by atoms with Crippen LogP contribution in [0, 0.1) is 0 Å². The minimum Gasteiger partial charge on any atom is -0.353 e. The number of amides is 1. The van der Waals surface area contributed by atoms with Crippen molar-refractivity contribution in [3.8, 4) is 0 Å². The van der Waals surface area contributed by atoms with E-state index in [-0.39, 0.29) is 11.9 Å². The van der Waals surface area contributed by atoms with Gasteiger partial charge in [-0.3, -0.25) is 4.79 Å². The molecule has 0 N–H and O–H groups in total. The maximum Gasteiger partial charge on any atom is 0.258 e. The van der Waals surface area contributed by atoms with Crippen LogP contribution in [-0.4, -0.2) is 34.0 Å². The number of ether oxygens (including phenoxy) is 1. The SMILES string of the molecule is CCC1COC2(CCCCC2)N1C(=O)C(Cl)Cl. The maximum atomic E-state index is 12.2. The van der Waals surface area contributed by atoms with E-state index in [0.717, 1.165) is 32.1 Å². The summed E-state index contributed by atoms with van der Waals surface area (Å²) in [5.41, 5.74) is -0.419. The average molecular weight is 280 g/mol. The molecule has 1 saturated heterocycles. The van der Waals surface area contributed by atoms with Crippen LogP contribution in [0.1, 0.15) is 45.4 Å². The summed E-state index contributed by atoms with van der Waals surface area (Å²) in [4.78, 5) is 13.0. The minimum atomic E-state index is -0.982. The Morgan fingerprint density at radius 1 is 1.41 bits per heavy atom. The predicted molar refractivity (Wildman–Crippen MR) is 68.2 cm³/mol. The Kier molecular flexibility index (Phi) is 4.22. The van der Waals surface area contributed by atoms with E-state index in [1.807, 2.05) is 4.90 Å². The molecule has 1 heterocycles. The Balaban J connectivity index is 2.22. The first-order valence-corrected chi connectivity index (χ1v) is 7.23. The van der Waals surface area contributed by atoms with Gasteiger partial charge < -0.3 is 9.64 Å². The van der Waals surface area contributed by atoms with Gasteiger partial charge in [-0.2, -0.15) is 0 Å². The van der Waals surface area contributed by atoms with E-state index in [0.29, 0.717) is 6.61 Å². The summed E-state index contributed by atoms with van der Waals surface area (Å²) in [6.45, 7) is 2.68. The quantitative estimate of drug-likeness (QED) is 0.727. The molecule has 98 valence electrons. The molecule has 2 fully saturated rings. The molecule has 1 aliphatic carbocycles. The Labute approximate surface area is 112 Å². The van der Waals surface area contributed by atoms with E-state index in [2.05, 4.69) is 6.92 Å². The molecule has 5 heteroatoms. The van der Waals surface area contributed by atoms with Crippen molar-refractivity contribution in [1.29, 1.82) is 0 Å². The van der Waals surface area contributed by atoms with Gasteiger partial charge in [-0.25, -0.2) is 0 Å². The second-order valence-corrected chi connectivity index (χ2v) is 5.99. The summed E-state index contributed by atoms with van der Waals surface area (Å²) in [6.07, 6.45) is 6.14. The van der Waals surface area contributed by atoms with E-state index in [9.17, 15) is 4.79 Å². The first kappa shape index (κ1) is 13.4. The van der Waals surface area contributed by atoms with Crippen molar-refractivity contribution in [2.24, 2.45) is 0 Å². The molecule has 2 aliphatic rings. The summed E-state index contributed by atoms with van der Waals surface area (Å²) >= 11 is 11.5. The molecule has 2 rings (SSSR count). The summed E-state index contributed by atoms with van der Waals surface area (Å²) in [5, 5.41) is 0. The molecule has 1 aliphatic heterocycles. The summed E-state index contributed by atoms with van der Waals surface area (Å²) < 4.78 is 5.96. The highest BCUT2D eigenvalue weighted by atomic mass is 35.5. The molecule has 0 bridgehead atoms. The van der Waals surface area contributed by atoms with Crippen molar-refractivity contribution in [1.82, 2.24) is 4.90 Å². The molecule has 0 aromatic carbocycles. The number of halogens is 2. The van der Waals surface area contributed by atoms with Crippen LogP contribution in [-0.2, 0) is 9.53 Å². The Bertz CT molecular complexity index is 290. The third-order valence-corrected chi connectivity index (χ3v) is 4.25. The molecule has 0 aromatic rings. The molecule has 1 unspecified atom stereocenters. The van der Waals surface area contributed by atoms with Gasteiger partial charge in [-0.15, -0.1) is 0 Å². The van der Waals surface area contributed by atoms with Crippen LogP contribution >= 0.6 is 23.2 Å². The monoisotopic (exact) mass is 279 g/mol. The maximum absolute atomic E-state index is 12.2. The Morgan fingerprint density at radius 2 is 2.06 bits per heavy atom. The molecular weight excluding hydrogens is 261 g/mol. The van der Waals surface area contributed by atoms with Crippen LogP contribution in [0.4, 0.5) is 0 Å². The van der Waals surface area contributed by atoms with Crippen molar-refractivity contribution < 1.29 is 9.53 Å². The van der Waals surface area contributed by atoms with Crippen molar-refractivity contribution in [3.63, 3.8) is 0 Å². The van der Waals surface area contributed by atoms with Crippen LogP contribution in [0.15, 0.2) is 0 Å². The number of rotatable bonds is 2. The lowest BCUT2D eigenvalue weighted by Gasteiger charge is -2.42. The molecule has 1 amide bonds. The van der Waals surface area contributed by atoms with Gasteiger partial charge in [0.2, 0.25) is 0 Å². The number of alkyl halides is 2. The molecular formula is C12H19Cl2NO2. The molecule has 17 heavy (non-hydrogen) atoms. The number of hydrogen-bond acceptors (Lipinski definition) is 2. The van der Waals surface area contributed by atoms with Gasteiger partial charge in [-0.1, -0.05) is 36.5 Å². The van der Waals surface area contributed by atoms with Gasteiger partial charge >= 0.3 is 0 Å². The van der Waals surface area contributed by atoms with Crippen molar-refractivity contribution in [2.75, 3.05) is 6.61 Å². The number of carbonyl (C=O) groups excluding carboxylic acids is 1. The smallest absolute Gasteiger partial charge is 0.258 e. The van der Waals surface area contributed by atoms with Gasteiger partial charge in [0.25, 0.3) is 5.91 Å². The highest BCUT2D eigenvalue weighted by Gasteiger charge is 2.50. The van der Waals surface area contributed by atoms with Crippen LogP contribution in [0.2, 0.25) is 0 Å². The van der Waals surface area contributed by atoms with Gasteiger partial charge in [0.05, 0.1) is 12.6 Å². The topological polar surface area (TPSA) is 29.5 Å². The standard InChI is InChI=1S/C12H19Cl2NO2/c1-2-9-8-17-12(6-4-3-5-7-12)15(9)11(16)10(13)14/h9-10H,2-8H2,1H3. The highest BCUT2D eigenvalue weighted by molar-refractivity contribution is 6.53. The zero-order valence-corrected chi connectivity index (χ0v) is 11.6. The average Bonchev–Trinajstić information content (AvgIpc) is 2.67. The largest absolute Gasteiger partial charge is 0.353 e. The van der Waals surface area contributed by atoms with E-state index < -0.39 is 10.6 Å². The van der Waals surface area contributed by atoms with Crippen LogP contribution in [0.5, 0.6) is 0 Å². The van der Waals surface area contributed by atoms with Crippen molar-refractivity contribution in [2.45, 2.75) is 62.1 Å². The number of hydrogen-bond donors (Lipinski definition) is 0. The fourth-order valence-electron chi connectivity index (χ4n) is 3.00. The first-order chi connectivity index (χ1) is 8.10. The zero-order valence-electron chi connectivity index (χ0n) is 10.1. The number of carbonyl (C=O) groups is 1. The molecule has 0 aromatic heterocycles. The van der Waals surface area contributed by atoms with E-state index in [1.54, 1.807) is 0 Å². The van der Waals surface area contributed by atoms with Gasteiger partial charge in [0.1, 0.15) is 5.72 Å². The fourth-order valence-corrected chi connectivity index (χ4v) is 3.21. The van der Waals surface area contributed by atoms with Crippen LogP contribution < -0.4 is 0 Å². The lowest BCUT2D eigenvalue weighted by Crippen LogP contribution is -2.54. The van der Waals surface area contributed by atoms with Crippen LogP contribution in [0.25, 0.3) is 0 Å². The summed E-state index contributed by atoms with van der Waals surface area (Å²) in [6, 6.07) is 0.126. The lowest BCUT2D eigenvalue weighted by atomic mass is 9.90. The second-order valence-electron chi connectivity index (χ2n) is 4.89. The summed E-state index contributed by atoms with van der Waals surface area (Å²) in [5.74, 6) is -0.195. The van der Waals surface area contributed by atoms with Crippen molar-refractivity contribution in [3.05, 3.63) is 0 Å². The normalized spacial score (nSPS) is 28.0. The zero-order chi connectivity index (χ0) is 12.5. The predicted octanol–water partition coefficient (Wildman–Crippen LogP) is 3.09. The molecule has 1 saturated carbocycles. The molecule has 3 nitrogen and oxygen atoms in total. The fraction of sp³-hybridized carbons (Fsp3) is 0.917. The third-order valence-electron chi connectivity index (χ3n) is 3.88. The third kappa shape index (κ3) is 2.42. The number of nitrogens with zero attached hydrogens (tertiary/aromatic N) is 1. The van der Waals surface area contributed by atoms with E-state index in [4.69, 9.17) is 27.9 Å². The van der Waals surface area contributed by atoms with Gasteiger partial charge in [0.15, 0.2) is 4.84 Å². The lowest BCUT2D eigenvalue weighted by molar-refractivity contribution is -0.155. The Hall–Kier alpha value is 0.01000. The molecule has 0 radical (unpaired) electrons. The summed E-state index contributed by atoms with van der Waals surface area (Å²) in [7, 11) is 0. The van der Waals surface area contributed by atoms with Crippen molar-refractivity contribution >= 4 is 29.1 Å². The highest BCUT2D eigenvalue weighted by Crippen LogP contribution is 2.41. The van der Waals surface area contributed by atoms with Crippen LogP contribution in [0.3, 0.4) is 0 Å². The first-order valence-electron chi connectivity index (χ1n) is 6.36. The van der Waals surface area contributed by atoms with E-state index >= 15 is 0 Å². The Morgan fingerprint density at radius 3 is 2.59 bits per heavy atom. The second kappa shape index (κ2) is 5.33. The van der Waals surface area contributed by atoms with Gasteiger partial charge in [0, 0.05) is 0 Å². The molecule has 1 atom stereocenters. The molecule has 1 spiro atoms. The van der Waals surface area contributed by atoms with E-state index in [1.165, 1.54) is 6.42 Å².